The summed E-state index contributed by atoms with van der Waals surface area (Å²) in [5, 5.41) is 6.23. The molecule has 29 heavy (non-hydrogen) atoms. The monoisotopic (exact) mass is 417 g/mol. The van der Waals surface area contributed by atoms with E-state index >= 15 is 0 Å². The average molecular weight is 418 g/mol. The third-order valence-electron chi connectivity index (χ3n) is 5.09. The second-order valence-electron chi connectivity index (χ2n) is 7.33. The summed E-state index contributed by atoms with van der Waals surface area (Å²) in [5.41, 5.74) is 3.38. The smallest absolute Gasteiger partial charge is 0.321 e. The first-order valence-electron chi connectivity index (χ1n) is 10.2. The molecule has 1 unspecified atom stereocenters. The Kier molecular flexibility index (Phi) is 9.29. The Morgan fingerprint density at radius 3 is 2.55 bits per heavy atom. The van der Waals surface area contributed by atoms with E-state index in [2.05, 4.69) is 48.7 Å². The summed E-state index contributed by atoms with van der Waals surface area (Å²) < 4.78 is 6.05. The highest BCUT2D eigenvalue weighted by atomic mass is 35.5. The van der Waals surface area contributed by atoms with Gasteiger partial charge in [-0.2, -0.15) is 0 Å². The van der Waals surface area contributed by atoms with Crippen LogP contribution in [0.1, 0.15) is 31.4 Å². The van der Waals surface area contributed by atoms with Gasteiger partial charge in [-0.1, -0.05) is 31.2 Å². The zero-order valence-corrected chi connectivity index (χ0v) is 18.1. The highest BCUT2D eigenvalue weighted by molar-refractivity contribution is 5.89. The second-order valence-corrected chi connectivity index (χ2v) is 7.33. The molecule has 2 aromatic rings. The van der Waals surface area contributed by atoms with Crippen LogP contribution in [0.25, 0.3) is 0 Å². The molecule has 0 aliphatic carbocycles. The average Bonchev–Trinajstić information content (AvgIpc) is 2.74. The number of carbonyl (C=O) groups is 1. The van der Waals surface area contributed by atoms with E-state index in [0.29, 0.717) is 0 Å². The molecule has 5 nitrogen and oxygen atoms in total. The Morgan fingerprint density at radius 1 is 1.14 bits per heavy atom. The standard InChI is InChI=1S/C23H31N3O2.ClH/c1-3-19-5-4-6-22(17-19)28-18(2)7-8-20-9-11-21(12-10-20)25-23(27)26-15-13-24-14-16-26;/h4-6,9-12,17-18,24H,3,7-8,13-16H2,1-2H3,(H,25,27);1H. The van der Waals surface area contributed by atoms with Gasteiger partial charge in [-0.25, -0.2) is 4.79 Å². The Hall–Kier alpha value is -2.24. The molecule has 0 spiro atoms. The van der Waals surface area contributed by atoms with Crippen LogP contribution in [0.4, 0.5) is 10.5 Å². The van der Waals surface area contributed by atoms with Crippen LogP contribution in [-0.2, 0) is 12.8 Å². The Labute approximate surface area is 180 Å². The molecule has 1 fully saturated rings. The number of carbonyl (C=O) groups excluding carboxylic acids is 1. The lowest BCUT2D eigenvalue weighted by molar-refractivity contribution is 0.204. The van der Waals surface area contributed by atoms with Gasteiger partial charge in [-0.15, -0.1) is 12.4 Å². The highest BCUT2D eigenvalue weighted by Crippen LogP contribution is 2.18. The second kappa shape index (κ2) is 11.7. The maximum absolute atomic E-state index is 12.3. The molecule has 1 heterocycles. The van der Waals surface area contributed by atoms with E-state index < -0.39 is 0 Å². The zero-order valence-electron chi connectivity index (χ0n) is 17.3. The van der Waals surface area contributed by atoms with Crippen molar-refractivity contribution < 1.29 is 9.53 Å². The molecule has 158 valence electrons. The van der Waals surface area contributed by atoms with Crippen molar-refractivity contribution in [2.24, 2.45) is 0 Å². The van der Waals surface area contributed by atoms with Gasteiger partial charge in [0.1, 0.15) is 5.75 Å². The number of rotatable bonds is 7. The van der Waals surface area contributed by atoms with E-state index in [-0.39, 0.29) is 24.5 Å². The van der Waals surface area contributed by atoms with Crippen molar-refractivity contribution in [1.29, 1.82) is 0 Å². The van der Waals surface area contributed by atoms with Crippen LogP contribution in [0.15, 0.2) is 48.5 Å². The van der Waals surface area contributed by atoms with Crippen LogP contribution >= 0.6 is 12.4 Å². The van der Waals surface area contributed by atoms with E-state index in [9.17, 15) is 4.79 Å². The fourth-order valence-electron chi connectivity index (χ4n) is 3.33. The van der Waals surface area contributed by atoms with Crippen molar-refractivity contribution in [3.05, 3.63) is 59.7 Å². The highest BCUT2D eigenvalue weighted by Gasteiger charge is 2.15. The summed E-state index contributed by atoms with van der Waals surface area (Å²) >= 11 is 0. The van der Waals surface area contributed by atoms with E-state index in [1.807, 2.05) is 29.2 Å². The number of halogens is 1. The van der Waals surface area contributed by atoms with Gasteiger partial charge in [0.2, 0.25) is 0 Å². The van der Waals surface area contributed by atoms with Crippen molar-refractivity contribution in [3.8, 4) is 5.75 Å². The zero-order chi connectivity index (χ0) is 19.8. The third-order valence-corrected chi connectivity index (χ3v) is 5.09. The maximum atomic E-state index is 12.3. The van der Waals surface area contributed by atoms with Crippen LogP contribution in [-0.4, -0.2) is 43.2 Å². The summed E-state index contributed by atoms with van der Waals surface area (Å²) in [5.74, 6) is 0.942. The van der Waals surface area contributed by atoms with Gasteiger partial charge >= 0.3 is 6.03 Å². The van der Waals surface area contributed by atoms with E-state index in [1.165, 1.54) is 11.1 Å². The summed E-state index contributed by atoms with van der Waals surface area (Å²) in [6.45, 7) is 7.48. The van der Waals surface area contributed by atoms with Gasteiger partial charge in [-0.3, -0.25) is 0 Å². The molecule has 6 heteroatoms. The number of ether oxygens (including phenoxy) is 1. The summed E-state index contributed by atoms with van der Waals surface area (Å²) in [6.07, 6.45) is 3.06. The third kappa shape index (κ3) is 7.26. The lowest BCUT2D eigenvalue weighted by atomic mass is 10.1. The van der Waals surface area contributed by atoms with Gasteiger partial charge in [0.15, 0.2) is 0 Å². The normalized spacial score (nSPS) is 14.6. The Bertz CT molecular complexity index is 761. The number of hydrogen-bond acceptors (Lipinski definition) is 3. The fraction of sp³-hybridized carbons (Fsp3) is 0.435. The predicted octanol–water partition coefficient (Wildman–Crippen LogP) is 4.51. The number of aryl methyl sites for hydroxylation is 2. The van der Waals surface area contributed by atoms with E-state index in [4.69, 9.17) is 4.74 Å². The van der Waals surface area contributed by atoms with E-state index in [0.717, 1.165) is 56.9 Å². The minimum atomic E-state index is -0.0226. The quantitative estimate of drug-likeness (QED) is 0.696. The summed E-state index contributed by atoms with van der Waals surface area (Å²) in [7, 11) is 0. The maximum Gasteiger partial charge on any atom is 0.321 e. The lowest BCUT2D eigenvalue weighted by Crippen LogP contribution is -2.48. The summed E-state index contributed by atoms with van der Waals surface area (Å²) in [4.78, 5) is 14.1. The molecule has 1 atom stereocenters. The topological polar surface area (TPSA) is 53.6 Å². The molecule has 1 aliphatic rings. The van der Waals surface area contributed by atoms with Crippen molar-refractivity contribution in [3.63, 3.8) is 0 Å². The van der Waals surface area contributed by atoms with Crippen LogP contribution in [0, 0.1) is 0 Å². The Balaban J connectivity index is 0.00000300. The molecule has 2 N–H and O–H groups in total. The minimum Gasteiger partial charge on any atom is -0.491 e. The van der Waals surface area contributed by atoms with Gasteiger partial charge < -0.3 is 20.3 Å². The lowest BCUT2D eigenvalue weighted by Gasteiger charge is -2.27. The molecule has 1 saturated heterocycles. The molecule has 3 rings (SSSR count). The predicted molar refractivity (Wildman–Crippen MR) is 121 cm³/mol. The molecule has 1 aliphatic heterocycles. The minimum absolute atomic E-state index is 0. The SMILES string of the molecule is CCc1cccc(OC(C)CCc2ccc(NC(=O)N3CCNCC3)cc2)c1.Cl. The van der Waals surface area contributed by atoms with Crippen molar-refractivity contribution in [2.75, 3.05) is 31.5 Å². The first-order valence-corrected chi connectivity index (χ1v) is 10.2. The molecule has 0 bridgehead atoms. The number of benzene rings is 2. The number of amides is 2. The van der Waals surface area contributed by atoms with E-state index in [1.54, 1.807) is 0 Å². The van der Waals surface area contributed by atoms with Crippen LogP contribution < -0.4 is 15.4 Å². The van der Waals surface area contributed by atoms with Crippen LogP contribution in [0.3, 0.4) is 0 Å². The van der Waals surface area contributed by atoms with Gasteiger partial charge in [0.25, 0.3) is 0 Å². The first kappa shape index (κ1) is 23.0. The molecule has 2 aromatic carbocycles. The number of urea groups is 1. The van der Waals surface area contributed by atoms with Gasteiger partial charge in [-0.05, 0) is 61.6 Å². The first-order chi connectivity index (χ1) is 13.6. The van der Waals surface area contributed by atoms with Gasteiger partial charge in [0, 0.05) is 31.9 Å². The molecule has 0 saturated carbocycles. The van der Waals surface area contributed by atoms with Crippen molar-refractivity contribution >= 4 is 24.1 Å². The number of anilines is 1. The Morgan fingerprint density at radius 2 is 1.86 bits per heavy atom. The number of piperazine rings is 1. The largest absolute Gasteiger partial charge is 0.491 e. The molecule has 0 aromatic heterocycles. The van der Waals surface area contributed by atoms with Crippen molar-refractivity contribution in [1.82, 2.24) is 10.2 Å². The van der Waals surface area contributed by atoms with Gasteiger partial charge in [0.05, 0.1) is 6.10 Å². The number of nitrogens with zero attached hydrogens (tertiary/aromatic N) is 1. The number of nitrogens with one attached hydrogen (secondary N) is 2. The molecule has 0 radical (unpaired) electrons. The molecule has 2 amide bonds. The van der Waals surface area contributed by atoms with Crippen molar-refractivity contribution in [2.45, 2.75) is 39.2 Å². The fourth-order valence-corrected chi connectivity index (χ4v) is 3.33. The summed E-state index contributed by atoms with van der Waals surface area (Å²) in [6, 6.07) is 16.4. The van der Waals surface area contributed by atoms with Crippen LogP contribution in [0.2, 0.25) is 0 Å². The number of hydrogen-bond donors (Lipinski definition) is 2. The molecular weight excluding hydrogens is 386 g/mol. The van der Waals surface area contributed by atoms with Crippen LogP contribution in [0.5, 0.6) is 5.75 Å². The molecular formula is C23H32ClN3O2.